The third-order valence-corrected chi connectivity index (χ3v) is 16.2. The predicted molar refractivity (Wildman–Crippen MR) is 299 cm³/mol. The monoisotopic (exact) mass is 904 g/mol. The van der Waals surface area contributed by atoms with Crippen LogP contribution < -0.4 is 21.3 Å². The topological polar surface area (TPSA) is 8.17 Å². The van der Waals surface area contributed by atoms with Gasteiger partial charge < -0.3 is 9.47 Å². The number of nitrogens with zero attached hydrogens (tertiary/aromatic N) is 2. The zero-order valence-electron chi connectivity index (χ0n) is 42.1. The van der Waals surface area contributed by atoms with Crippen molar-refractivity contribution < 1.29 is 0 Å². The molecule has 2 aliphatic rings. The summed E-state index contributed by atoms with van der Waals surface area (Å²) in [5.74, 6) is 0. The lowest BCUT2D eigenvalue weighted by Crippen LogP contribution is -2.61. The minimum Gasteiger partial charge on any atom is -0.311 e. The molecule has 2 nitrogen and oxygen atoms in total. The molecule has 70 heavy (non-hydrogen) atoms. The number of aryl methyl sites for hydroxylation is 1. The van der Waals surface area contributed by atoms with Crippen LogP contribution in [-0.2, 0) is 21.7 Å². The van der Waals surface area contributed by atoms with Crippen LogP contribution >= 0.6 is 0 Å². The Hall–Kier alpha value is -7.36. The summed E-state index contributed by atoms with van der Waals surface area (Å²) in [7, 11) is 0. The average Bonchev–Trinajstić information content (AvgIpc) is 3.71. The van der Waals surface area contributed by atoms with Crippen LogP contribution in [0.1, 0.15) is 105 Å². The van der Waals surface area contributed by atoms with Crippen molar-refractivity contribution in [2.45, 2.75) is 84.0 Å². The normalized spacial score (nSPS) is 13.4. The van der Waals surface area contributed by atoms with E-state index in [9.17, 15) is 0 Å². The van der Waals surface area contributed by atoms with Crippen LogP contribution in [0.5, 0.6) is 0 Å². The molecule has 0 unspecified atom stereocenters. The third-order valence-electron chi connectivity index (χ3n) is 16.2. The van der Waals surface area contributed by atoms with Gasteiger partial charge in [-0.25, -0.2) is 0 Å². The summed E-state index contributed by atoms with van der Waals surface area (Å²) in [5, 5.41) is 2.66. The lowest BCUT2D eigenvalue weighted by atomic mass is 9.33. The molecule has 9 aromatic carbocycles. The number of benzene rings is 9. The van der Waals surface area contributed by atoms with Gasteiger partial charge in [-0.2, -0.15) is 0 Å². The number of anilines is 3. The second-order valence-electron chi connectivity index (χ2n) is 22.5. The molecule has 0 spiro atoms. The first kappa shape index (κ1) is 43.9. The van der Waals surface area contributed by atoms with Crippen LogP contribution in [0.4, 0.5) is 17.1 Å². The zero-order valence-corrected chi connectivity index (χ0v) is 42.1. The molecule has 0 aliphatic carbocycles. The molecule has 0 fully saturated rings. The van der Waals surface area contributed by atoms with Crippen LogP contribution in [0.2, 0.25) is 0 Å². The van der Waals surface area contributed by atoms with Gasteiger partial charge in [-0.1, -0.05) is 199 Å². The molecule has 0 amide bonds. The highest BCUT2D eigenvalue weighted by Crippen LogP contribution is 2.47. The molecule has 2 aliphatic heterocycles. The van der Waals surface area contributed by atoms with Crippen molar-refractivity contribution in [2.24, 2.45) is 0 Å². The van der Waals surface area contributed by atoms with E-state index in [0.717, 1.165) is 5.69 Å². The van der Waals surface area contributed by atoms with Crippen LogP contribution in [0.3, 0.4) is 0 Å². The van der Waals surface area contributed by atoms with Crippen LogP contribution in [0.25, 0.3) is 27.5 Å². The molecule has 1 aromatic heterocycles. The molecule has 342 valence electrons. The molecule has 3 heteroatoms. The van der Waals surface area contributed by atoms with Gasteiger partial charge in [-0.3, -0.25) is 0 Å². The second-order valence-corrected chi connectivity index (χ2v) is 22.5. The number of aromatic nitrogens is 1. The molecule has 0 radical (unpaired) electrons. The summed E-state index contributed by atoms with van der Waals surface area (Å²) >= 11 is 0. The van der Waals surface area contributed by atoms with Crippen LogP contribution in [0, 0.1) is 6.92 Å². The van der Waals surface area contributed by atoms with Crippen molar-refractivity contribution in [3.05, 3.63) is 256 Å². The largest absolute Gasteiger partial charge is 0.311 e. The molecule has 0 saturated carbocycles. The Kier molecular flexibility index (Phi) is 9.93. The van der Waals surface area contributed by atoms with E-state index >= 15 is 0 Å². The van der Waals surface area contributed by atoms with E-state index in [0.29, 0.717) is 0 Å². The number of fused-ring (bicyclic) bond motifs is 7. The maximum absolute atomic E-state index is 2.63. The van der Waals surface area contributed by atoms with Crippen molar-refractivity contribution >= 4 is 62.0 Å². The molecular formula is C67H61BN2. The Balaban J connectivity index is 1.16. The molecule has 0 bridgehead atoms. The van der Waals surface area contributed by atoms with Crippen molar-refractivity contribution in [3.8, 4) is 5.69 Å². The van der Waals surface area contributed by atoms with Gasteiger partial charge in [0.15, 0.2) is 0 Å². The van der Waals surface area contributed by atoms with Crippen molar-refractivity contribution in [2.75, 3.05) is 4.90 Å². The number of hydrogen-bond donors (Lipinski definition) is 0. The van der Waals surface area contributed by atoms with Gasteiger partial charge in [0.05, 0.1) is 5.52 Å². The lowest BCUT2D eigenvalue weighted by Gasteiger charge is -2.42. The maximum Gasteiger partial charge on any atom is 0.252 e. The fourth-order valence-corrected chi connectivity index (χ4v) is 12.2. The molecule has 0 N–H and O–H groups in total. The Labute approximate surface area is 415 Å². The van der Waals surface area contributed by atoms with Crippen LogP contribution in [-0.4, -0.2) is 11.3 Å². The number of rotatable bonds is 7. The van der Waals surface area contributed by atoms with Gasteiger partial charge in [-0.05, 0) is 147 Å². The van der Waals surface area contributed by atoms with Crippen LogP contribution in [0.15, 0.2) is 206 Å². The number of hydrogen-bond acceptors (Lipinski definition) is 1. The van der Waals surface area contributed by atoms with Gasteiger partial charge in [0.1, 0.15) is 0 Å². The third kappa shape index (κ3) is 6.61. The lowest BCUT2D eigenvalue weighted by molar-refractivity contribution is 0.590. The van der Waals surface area contributed by atoms with Crippen molar-refractivity contribution in [1.29, 1.82) is 0 Å². The van der Waals surface area contributed by atoms with Gasteiger partial charge in [0.25, 0.3) is 6.71 Å². The highest BCUT2D eigenvalue weighted by molar-refractivity contribution is 7.00. The Bertz CT molecular complexity index is 3550. The van der Waals surface area contributed by atoms with E-state index in [4.69, 9.17) is 0 Å². The highest BCUT2D eigenvalue weighted by Gasteiger charge is 2.44. The first-order chi connectivity index (χ1) is 33.7. The van der Waals surface area contributed by atoms with E-state index < -0.39 is 5.41 Å². The first-order valence-corrected chi connectivity index (χ1v) is 25.2. The van der Waals surface area contributed by atoms with E-state index in [-0.39, 0.29) is 23.0 Å². The van der Waals surface area contributed by atoms with E-state index in [1.54, 1.807) is 0 Å². The molecular weight excluding hydrogens is 844 g/mol. The Morgan fingerprint density at radius 1 is 0.357 bits per heavy atom. The van der Waals surface area contributed by atoms with E-state index in [1.807, 2.05) is 0 Å². The fourth-order valence-electron chi connectivity index (χ4n) is 12.2. The summed E-state index contributed by atoms with van der Waals surface area (Å²) in [5.41, 5.74) is 22.3. The summed E-state index contributed by atoms with van der Waals surface area (Å²) in [4.78, 5) is 2.58. The quantitative estimate of drug-likeness (QED) is 0.114. The SMILES string of the molecule is Cc1cc2c3c(c1)-n1c4ccc(C(C)(C)C)cc4c4cc(C(C)(C)C)cc(c41)B3c1cc(C(C)(c3ccccc3)c3ccccc3)ccc1N2c1ccc(C(C)(c2ccccc2)c2ccccc2)cc1. The summed E-state index contributed by atoms with van der Waals surface area (Å²) in [6.45, 7) is 21.2. The highest BCUT2D eigenvalue weighted by atomic mass is 15.2. The molecule has 10 aromatic rings. The predicted octanol–water partition coefficient (Wildman–Crippen LogP) is 15.0. The van der Waals surface area contributed by atoms with Crippen molar-refractivity contribution in [1.82, 2.24) is 4.57 Å². The van der Waals surface area contributed by atoms with Gasteiger partial charge in [-0.15, -0.1) is 0 Å². The summed E-state index contributed by atoms with van der Waals surface area (Å²) in [6, 6.07) is 78.4. The fraction of sp³-hybridized carbons (Fsp3) is 0.194. The molecule has 3 heterocycles. The minimum absolute atomic E-state index is 0.00948. The Morgan fingerprint density at radius 3 is 1.33 bits per heavy atom. The Morgan fingerprint density at radius 2 is 0.800 bits per heavy atom. The second kappa shape index (κ2) is 15.8. The molecule has 0 saturated heterocycles. The maximum atomic E-state index is 2.63. The summed E-state index contributed by atoms with van der Waals surface area (Å²) < 4.78 is 2.63. The minimum atomic E-state index is -0.421. The standard InChI is InChI=1S/C67H61BN2/c1-44-38-60-62-61(39-44)70-58-36-32-50(64(2,3)4)40-54(58)55-41-52(65(5,6)7)43-57(63(55)70)68(62)56-42-51(67(9,47-26-18-12-19-27-47)48-28-20-13-21-29-48)33-37-59(56)69(60)53-34-30-49(31-35-53)66(8,45-22-14-10-15-23-45)46-24-16-11-17-25-46/h10-43H,1-9H3. The average molecular weight is 905 g/mol. The van der Waals surface area contributed by atoms with E-state index in [2.05, 4.69) is 278 Å². The van der Waals surface area contributed by atoms with Crippen molar-refractivity contribution in [3.63, 3.8) is 0 Å². The first-order valence-electron chi connectivity index (χ1n) is 25.2. The van der Waals surface area contributed by atoms with Gasteiger partial charge in [0, 0.05) is 49.9 Å². The zero-order chi connectivity index (χ0) is 48.3. The van der Waals surface area contributed by atoms with E-state index in [1.165, 1.54) is 105 Å². The van der Waals surface area contributed by atoms with Gasteiger partial charge in [0.2, 0.25) is 0 Å². The molecule has 12 rings (SSSR count). The smallest absolute Gasteiger partial charge is 0.252 e. The summed E-state index contributed by atoms with van der Waals surface area (Å²) in [6.07, 6.45) is 0. The molecule has 0 atom stereocenters. The van der Waals surface area contributed by atoms with Gasteiger partial charge >= 0.3 is 0 Å².